The number of hydrogen-bond donors (Lipinski definition) is 1. The summed E-state index contributed by atoms with van der Waals surface area (Å²) in [7, 11) is 2.20. The van der Waals surface area contributed by atoms with Crippen molar-refractivity contribution in [3.8, 4) is 0 Å². The number of likely N-dealkylation sites (N-methyl/N-ethyl adjacent to an activating group) is 1. The maximum absolute atomic E-state index is 5.67. The minimum Gasteiger partial charge on any atom is -0.330 e. The van der Waals surface area contributed by atoms with Crippen molar-refractivity contribution >= 4 is 15.9 Å². The van der Waals surface area contributed by atoms with Gasteiger partial charge >= 0.3 is 0 Å². The maximum atomic E-state index is 5.67. The van der Waals surface area contributed by atoms with Gasteiger partial charge in [-0.25, -0.2) is 0 Å². The topological polar surface area (TPSA) is 29.3 Å². The lowest BCUT2D eigenvalue weighted by atomic mass is 9.89. The fourth-order valence-corrected chi connectivity index (χ4v) is 2.91. The SMILES string of the molecule is Cc1ccc(Br)cc1CCN(C)CC(C)(C)CCN. The first kappa shape index (κ1) is 16.7. The summed E-state index contributed by atoms with van der Waals surface area (Å²) < 4.78 is 1.17. The van der Waals surface area contributed by atoms with Crippen LogP contribution in [0.5, 0.6) is 0 Å². The van der Waals surface area contributed by atoms with Crippen LogP contribution in [0.2, 0.25) is 0 Å². The Balaban J connectivity index is 2.50. The fourth-order valence-electron chi connectivity index (χ4n) is 2.50. The minimum absolute atomic E-state index is 0.301. The highest BCUT2D eigenvalue weighted by atomic mass is 79.9. The monoisotopic (exact) mass is 326 g/mol. The first-order chi connectivity index (χ1) is 8.84. The number of nitrogens with zero attached hydrogens (tertiary/aromatic N) is 1. The molecule has 19 heavy (non-hydrogen) atoms. The van der Waals surface area contributed by atoms with E-state index in [2.05, 4.69) is 66.8 Å². The van der Waals surface area contributed by atoms with Crippen molar-refractivity contribution in [2.75, 3.05) is 26.7 Å². The molecular weight excluding hydrogens is 300 g/mol. The molecule has 0 aliphatic heterocycles. The van der Waals surface area contributed by atoms with Gasteiger partial charge in [0.2, 0.25) is 0 Å². The van der Waals surface area contributed by atoms with Gasteiger partial charge in [-0.2, -0.15) is 0 Å². The highest BCUT2D eigenvalue weighted by Crippen LogP contribution is 2.21. The molecule has 0 unspecified atom stereocenters. The molecule has 1 aromatic rings. The largest absolute Gasteiger partial charge is 0.330 e. The Labute approximate surface area is 126 Å². The van der Waals surface area contributed by atoms with E-state index in [9.17, 15) is 0 Å². The van der Waals surface area contributed by atoms with Gasteiger partial charge in [-0.1, -0.05) is 35.8 Å². The van der Waals surface area contributed by atoms with Crippen molar-refractivity contribution in [1.82, 2.24) is 4.90 Å². The molecule has 0 saturated carbocycles. The standard InChI is InChI=1S/C16H27BrN2/c1-13-5-6-15(17)11-14(13)7-10-19(4)12-16(2,3)8-9-18/h5-6,11H,7-10,12,18H2,1-4H3. The van der Waals surface area contributed by atoms with E-state index in [0.29, 0.717) is 5.41 Å². The molecule has 3 heteroatoms. The molecule has 0 heterocycles. The van der Waals surface area contributed by atoms with Crippen LogP contribution in [0.4, 0.5) is 0 Å². The number of aryl methyl sites for hydroxylation is 1. The third kappa shape index (κ3) is 6.07. The molecular formula is C16H27BrN2. The molecule has 0 fully saturated rings. The normalized spacial score (nSPS) is 12.2. The second-order valence-electron chi connectivity index (χ2n) is 6.26. The van der Waals surface area contributed by atoms with Crippen LogP contribution in [0, 0.1) is 12.3 Å². The second-order valence-corrected chi connectivity index (χ2v) is 7.18. The van der Waals surface area contributed by atoms with Crippen LogP contribution in [0.1, 0.15) is 31.4 Å². The fraction of sp³-hybridized carbons (Fsp3) is 0.625. The van der Waals surface area contributed by atoms with E-state index in [0.717, 1.165) is 32.5 Å². The third-order valence-corrected chi connectivity index (χ3v) is 4.09. The molecule has 1 aromatic carbocycles. The van der Waals surface area contributed by atoms with Crippen molar-refractivity contribution in [3.63, 3.8) is 0 Å². The zero-order chi connectivity index (χ0) is 14.5. The van der Waals surface area contributed by atoms with Gasteiger partial charge in [0.15, 0.2) is 0 Å². The Kier molecular flexibility index (Phi) is 6.51. The molecule has 0 aromatic heterocycles. The predicted molar refractivity (Wildman–Crippen MR) is 87.5 cm³/mol. The van der Waals surface area contributed by atoms with Gasteiger partial charge in [-0.3, -0.25) is 0 Å². The quantitative estimate of drug-likeness (QED) is 0.829. The number of rotatable bonds is 7. The predicted octanol–water partition coefficient (Wildman–Crippen LogP) is 3.61. The van der Waals surface area contributed by atoms with Gasteiger partial charge in [0, 0.05) is 17.6 Å². The lowest BCUT2D eigenvalue weighted by Crippen LogP contribution is -2.34. The summed E-state index contributed by atoms with van der Waals surface area (Å²) >= 11 is 3.55. The summed E-state index contributed by atoms with van der Waals surface area (Å²) in [6.45, 7) is 9.72. The van der Waals surface area contributed by atoms with E-state index < -0.39 is 0 Å². The number of halogens is 1. The Hall–Kier alpha value is -0.380. The lowest BCUT2D eigenvalue weighted by molar-refractivity contribution is 0.202. The zero-order valence-electron chi connectivity index (χ0n) is 12.7. The van der Waals surface area contributed by atoms with Crippen molar-refractivity contribution in [2.24, 2.45) is 11.1 Å². The number of benzene rings is 1. The highest BCUT2D eigenvalue weighted by molar-refractivity contribution is 9.10. The van der Waals surface area contributed by atoms with E-state index >= 15 is 0 Å². The Bertz CT molecular complexity index is 402. The Morgan fingerprint density at radius 1 is 1.32 bits per heavy atom. The van der Waals surface area contributed by atoms with Gasteiger partial charge in [0.05, 0.1) is 0 Å². The average Bonchev–Trinajstić information content (AvgIpc) is 2.29. The van der Waals surface area contributed by atoms with Crippen LogP contribution >= 0.6 is 15.9 Å². The smallest absolute Gasteiger partial charge is 0.0178 e. The van der Waals surface area contributed by atoms with Crippen LogP contribution in [0.3, 0.4) is 0 Å². The first-order valence-corrected chi connectivity index (χ1v) is 7.77. The average molecular weight is 327 g/mol. The summed E-state index contributed by atoms with van der Waals surface area (Å²) in [6, 6.07) is 6.51. The molecule has 108 valence electrons. The molecule has 0 amide bonds. The van der Waals surface area contributed by atoms with Crippen molar-refractivity contribution in [3.05, 3.63) is 33.8 Å². The van der Waals surface area contributed by atoms with E-state index in [1.807, 2.05) is 0 Å². The molecule has 2 nitrogen and oxygen atoms in total. The van der Waals surface area contributed by atoms with Crippen LogP contribution in [0.15, 0.2) is 22.7 Å². The molecule has 0 aliphatic carbocycles. The van der Waals surface area contributed by atoms with E-state index in [1.54, 1.807) is 0 Å². The minimum atomic E-state index is 0.301. The summed E-state index contributed by atoms with van der Waals surface area (Å²) in [5.41, 5.74) is 8.77. The first-order valence-electron chi connectivity index (χ1n) is 6.98. The molecule has 0 radical (unpaired) electrons. The molecule has 0 bridgehead atoms. The summed E-state index contributed by atoms with van der Waals surface area (Å²) in [6.07, 6.45) is 2.17. The number of nitrogens with two attached hydrogens (primary N) is 1. The van der Waals surface area contributed by atoms with Crippen LogP contribution in [0.25, 0.3) is 0 Å². The molecule has 0 spiro atoms. The molecule has 1 rings (SSSR count). The summed E-state index contributed by atoms with van der Waals surface area (Å²) in [5, 5.41) is 0. The van der Waals surface area contributed by atoms with Crippen molar-refractivity contribution in [2.45, 2.75) is 33.6 Å². The van der Waals surface area contributed by atoms with E-state index in [1.165, 1.54) is 15.6 Å². The lowest BCUT2D eigenvalue weighted by Gasteiger charge is -2.30. The van der Waals surface area contributed by atoms with E-state index in [4.69, 9.17) is 5.73 Å². The maximum Gasteiger partial charge on any atom is 0.0178 e. The highest BCUT2D eigenvalue weighted by Gasteiger charge is 2.18. The number of hydrogen-bond acceptors (Lipinski definition) is 2. The van der Waals surface area contributed by atoms with Crippen LogP contribution in [-0.4, -0.2) is 31.6 Å². The second kappa shape index (κ2) is 7.41. The van der Waals surface area contributed by atoms with Crippen molar-refractivity contribution < 1.29 is 0 Å². The summed E-state index contributed by atoms with van der Waals surface area (Å²) in [5.74, 6) is 0. The Morgan fingerprint density at radius 3 is 2.63 bits per heavy atom. The summed E-state index contributed by atoms with van der Waals surface area (Å²) in [4.78, 5) is 2.41. The van der Waals surface area contributed by atoms with Gasteiger partial charge in [0.1, 0.15) is 0 Å². The van der Waals surface area contributed by atoms with Crippen LogP contribution < -0.4 is 5.73 Å². The van der Waals surface area contributed by atoms with Crippen LogP contribution in [-0.2, 0) is 6.42 Å². The molecule has 0 saturated heterocycles. The molecule has 0 aliphatic rings. The van der Waals surface area contributed by atoms with Crippen molar-refractivity contribution in [1.29, 1.82) is 0 Å². The molecule has 0 atom stereocenters. The zero-order valence-corrected chi connectivity index (χ0v) is 14.3. The Morgan fingerprint density at radius 2 is 2.00 bits per heavy atom. The van der Waals surface area contributed by atoms with Gasteiger partial charge in [0.25, 0.3) is 0 Å². The molecule has 2 N–H and O–H groups in total. The van der Waals surface area contributed by atoms with Gasteiger partial charge in [-0.05, 0) is 62.0 Å². The van der Waals surface area contributed by atoms with Gasteiger partial charge in [-0.15, -0.1) is 0 Å². The van der Waals surface area contributed by atoms with Gasteiger partial charge < -0.3 is 10.6 Å². The van der Waals surface area contributed by atoms with E-state index in [-0.39, 0.29) is 0 Å². The third-order valence-electron chi connectivity index (χ3n) is 3.59.